The highest BCUT2D eigenvalue weighted by molar-refractivity contribution is 6.29. The lowest BCUT2D eigenvalue weighted by Gasteiger charge is -2.10. The third-order valence-corrected chi connectivity index (χ3v) is 2.86. The fourth-order valence-electron chi connectivity index (χ4n) is 1.50. The van der Waals surface area contributed by atoms with E-state index in [0.29, 0.717) is 11.2 Å². The maximum atomic E-state index is 5.73. The molecule has 1 aliphatic carbocycles. The van der Waals surface area contributed by atoms with Crippen molar-refractivity contribution in [2.24, 2.45) is 4.99 Å². The zero-order chi connectivity index (χ0) is 12.1. The summed E-state index contributed by atoms with van der Waals surface area (Å²) in [4.78, 5) is 8.22. The smallest absolute Gasteiger partial charge is 0.191 e. The molecule has 0 aromatic carbocycles. The third-order valence-electron chi connectivity index (χ3n) is 2.64. The van der Waals surface area contributed by atoms with E-state index in [4.69, 9.17) is 11.6 Å². The van der Waals surface area contributed by atoms with Crippen LogP contribution in [0, 0.1) is 0 Å². The Hall–Kier alpha value is -1.29. The van der Waals surface area contributed by atoms with Crippen LogP contribution in [0.2, 0.25) is 5.15 Å². The lowest BCUT2D eigenvalue weighted by Crippen LogP contribution is -2.39. The second-order valence-electron chi connectivity index (χ2n) is 4.16. The van der Waals surface area contributed by atoms with E-state index in [-0.39, 0.29) is 0 Å². The Bertz CT molecular complexity index is 384. The fraction of sp³-hybridized carbons (Fsp3) is 0.500. The van der Waals surface area contributed by atoms with Crippen LogP contribution in [-0.2, 0) is 6.42 Å². The fourth-order valence-corrected chi connectivity index (χ4v) is 1.61. The van der Waals surface area contributed by atoms with Crippen LogP contribution in [0.15, 0.2) is 23.3 Å². The summed E-state index contributed by atoms with van der Waals surface area (Å²) >= 11 is 5.73. The average molecular weight is 253 g/mol. The minimum absolute atomic E-state index is 0.535. The van der Waals surface area contributed by atoms with Crippen molar-refractivity contribution in [1.29, 1.82) is 0 Å². The molecule has 0 radical (unpaired) electrons. The Morgan fingerprint density at radius 3 is 2.94 bits per heavy atom. The first-order chi connectivity index (χ1) is 8.28. The van der Waals surface area contributed by atoms with Crippen molar-refractivity contribution in [1.82, 2.24) is 15.6 Å². The number of hydrogen-bond donors (Lipinski definition) is 2. The summed E-state index contributed by atoms with van der Waals surface area (Å²) in [6.07, 6.45) is 5.22. The summed E-state index contributed by atoms with van der Waals surface area (Å²) in [6, 6.07) is 4.43. The number of rotatable bonds is 4. The molecule has 1 aromatic rings. The van der Waals surface area contributed by atoms with Crippen LogP contribution < -0.4 is 10.6 Å². The van der Waals surface area contributed by atoms with Crippen LogP contribution in [0.3, 0.4) is 0 Å². The van der Waals surface area contributed by atoms with Gasteiger partial charge in [0.1, 0.15) is 5.15 Å². The zero-order valence-electron chi connectivity index (χ0n) is 9.91. The van der Waals surface area contributed by atoms with Crippen molar-refractivity contribution in [3.63, 3.8) is 0 Å². The van der Waals surface area contributed by atoms with Crippen LogP contribution in [0.5, 0.6) is 0 Å². The lowest BCUT2D eigenvalue weighted by molar-refractivity contribution is 0.790. The van der Waals surface area contributed by atoms with Crippen molar-refractivity contribution in [3.05, 3.63) is 29.0 Å². The Morgan fingerprint density at radius 2 is 2.35 bits per heavy atom. The highest BCUT2D eigenvalue weighted by Gasteiger charge is 2.21. The molecular formula is C12H17ClN4. The number of nitrogens with zero attached hydrogens (tertiary/aromatic N) is 2. The summed E-state index contributed by atoms with van der Waals surface area (Å²) in [5, 5.41) is 7.16. The normalized spacial score (nSPS) is 15.8. The van der Waals surface area contributed by atoms with E-state index in [2.05, 4.69) is 20.6 Å². The maximum Gasteiger partial charge on any atom is 0.191 e. The summed E-state index contributed by atoms with van der Waals surface area (Å²) in [6.45, 7) is 0.843. The number of aromatic nitrogens is 1. The van der Waals surface area contributed by atoms with Crippen LogP contribution in [0.1, 0.15) is 18.4 Å². The molecule has 0 saturated heterocycles. The van der Waals surface area contributed by atoms with Gasteiger partial charge in [0.15, 0.2) is 5.96 Å². The summed E-state index contributed by atoms with van der Waals surface area (Å²) in [5.74, 6) is 0.884. The first kappa shape index (κ1) is 12.2. The molecule has 17 heavy (non-hydrogen) atoms. The number of guanidine groups is 1. The molecular weight excluding hydrogens is 236 g/mol. The Kier molecular flexibility index (Phi) is 4.20. The molecule has 1 aliphatic rings. The van der Waals surface area contributed by atoms with Crippen molar-refractivity contribution in [3.8, 4) is 0 Å². The van der Waals surface area contributed by atoms with E-state index in [9.17, 15) is 0 Å². The van der Waals surface area contributed by atoms with Gasteiger partial charge in [0.2, 0.25) is 0 Å². The largest absolute Gasteiger partial charge is 0.356 e. The minimum Gasteiger partial charge on any atom is -0.356 e. The number of hydrogen-bond acceptors (Lipinski definition) is 2. The molecule has 0 bridgehead atoms. The van der Waals surface area contributed by atoms with Crippen molar-refractivity contribution < 1.29 is 0 Å². The molecule has 0 atom stereocenters. The molecule has 2 N–H and O–H groups in total. The second kappa shape index (κ2) is 5.87. The monoisotopic (exact) mass is 252 g/mol. The molecule has 0 amide bonds. The number of nitrogens with one attached hydrogen (secondary N) is 2. The van der Waals surface area contributed by atoms with E-state index in [1.165, 1.54) is 18.4 Å². The molecule has 2 rings (SSSR count). The number of pyridine rings is 1. The molecule has 0 unspecified atom stereocenters. The van der Waals surface area contributed by atoms with Crippen molar-refractivity contribution in [2.75, 3.05) is 13.6 Å². The first-order valence-electron chi connectivity index (χ1n) is 5.85. The molecule has 1 heterocycles. The third kappa shape index (κ3) is 4.23. The van der Waals surface area contributed by atoms with E-state index >= 15 is 0 Å². The van der Waals surface area contributed by atoms with Gasteiger partial charge in [-0.05, 0) is 30.9 Å². The van der Waals surface area contributed by atoms with Gasteiger partial charge in [-0.2, -0.15) is 0 Å². The predicted octanol–water partition coefficient (Wildman–Crippen LogP) is 1.60. The van der Waals surface area contributed by atoms with Gasteiger partial charge >= 0.3 is 0 Å². The second-order valence-corrected chi connectivity index (χ2v) is 4.54. The van der Waals surface area contributed by atoms with Crippen molar-refractivity contribution >= 4 is 17.6 Å². The SMILES string of the molecule is CN=C(NCCc1ccc(Cl)nc1)NC1CC1. The predicted molar refractivity (Wildman–Crippen MR) is 70.5 cm³/mol. The highest BCUT2D eigenvalue weighted by Crippen LogP contribution is 2.18. The van der Waals surface area contributed by atoms with Gasteiger partial charge in [0.25, 0.3) is 0 Å². The minimum atomic E-state index is 0.535. The zero-order valence-corrected chi connectivity index (χ0v) is 10.7. The topological polar surface area (TPSA) is 49.3 Å². The standard InChI is InChI=1S/C12H17ClN4/c1-14-12(17-10-3-4-10)15-7-6-9-2-5-11(13)16-8-9/h2,5,8,10H,3-4,6-7H2,1H3,(H2,14,15,17). The van der Waals surface area contributed by atoms with Gasteiger partial charge in [0, 0.05) is 25.8 Å². The van der Waals surface area contributed by atoms with E-state index < -0.39 is 0 Å². The molecule has 4 nitrogen and oxygen atoms in total. The maximum absolute atomic E-state index is 5.73. The summed E-state index contributed by atoms with van der Waals surface area (Å²) in [5.41, 5.74) is 1.17. The molecule has 1 fully saturated rings. The van der Waals surface area contributed by atoms with Crippen LogP contribution in [0.25, 0.3) is 0 Å². The molecule has 0 aliphatic heterocycles. The number of halogens is 1. The summed E-state index contributed by atoms with van der Waals surface area (Å²) < 4.78 is 0. The van der Waals surface area contributed by atoms with Crippen LogP contribution in [0.4, 0.5) is 0 Å². The Labute approximate surface area is 106 Å². The van der Waals surface area contributed by atoms with Gasteiger partial charge in [-0.1, -0.05) is 17.7 Å². The van der Waals surface area contributed by atoms with Crippen LogP contribution >= 0.6 is 11.6 Å². The van der Waals surface area contributed by atoms with E-state index in [1.54, 1.807) is 13.2 Å². The summed E-state index contributed by atoms with van der Waals surface area (Å²) in [7, 11) is 1.79. The van der Waals surface area contributed by atoms with E-state index in [0.717, 1.165) is 18.9 Å². The van der Waals surface area contributed by atoms with Gasteiger partial charge in [-0.3, -0.25) is 4.99 Å². The number of aliphatic imine (C=N–C) groups is 1. The van der Waals surface area contributed by atoms with E-state index in [1.807, 2.05) is 12.1 Å². The Balaban J connectivity index is 1.72. The highest BCUT2D eigenvalue weighted by atomic mass is 35.5. The quantitative estimate of drug-likeness (QED) is 0.486. The average Bonchev–Trinajstić information content (AvgIpc) is 3.14. The first-order valence-corrected chi connectivity index (χ1v) is 6.23. The van der Waals surface area contributed by atoms with Crippen LogP contribution in [-0.4, -0.2) is 30.6 Å². The molecule has 0 spiro atoms. The molecule has 1 aromatic heterocycles. The molecule has 5 heteroatoms. The van der Waals surface area contributed by atoms with Gasteiger partial charge in [-0.15, -0.1) is 0 Å². The van der Waals surface area contributed by atoms with Gasteiger partial charge in [0.05, 0.1) is 0 Å². The van der Waals surface area contributed by atoms with Gasteiger partial charge < -0.3 is 10.6 Å². The van der Waals surface area contributed by atoms with Gasteiger partial charge in [-0.25, -0.2) is 4.98 Å². The van der Waals surface area contributed by atoms with Crippen molar-refractivity contribution in [2.45, 2.75) is 25.3 Å². The lowest BCUT2D eigenvalue weighted by atomic mass is 10.2. The molecule has 1 saturated carbocycles. The Morgan fingerprint density at radius 1 is 1.53 bits per heavy atom. The molecule has 92 valence electrons.